The molecule has 2 aromatic carbocycles. The molecule has 0 radical (unpaired) electrons. The number of rotatable bonds is 9. The summed E-state index contributed by atoms with van der Waals surface area (Å²) < 4.78 is 39.4. The van der Waals surface area contributed by atoms with Gasteiger partial charge >= 0.3 is 12.2 Å². The van der Waals surface area contributed by atoms with Gasteiger partial charge in [-0.25, -0.2) is 9.79 Å². The molecular formula is C25H31F3N4O2. The molecule has 2 rings (SSSR count). The van der Waals surface area contributed by atoms with E-state index in [2.05, 4.69) is 17.2 Å². The van der Waals surface area contributed by atoms with Crippen molar-refractivity contribution in [1.82, 2.24) is 15.1 Å². The van der Waals surface area contributed by atoms with E-state index in [4.69, 9.17) is 0 Å². The van der Waals surface area contributed by atoms with Gasteiger partial charge in [0, 0.05) is 13.6 Å². The molecule has 0 fully saturated rings. The zero-order valence-corrected chi connectivity index (χ0v) is 19.7. The van der Waals surface area contributed by atoms with Crippen LogP contribution in [0.3, 0.4) is 0 Å². The van der Waals surface area contributed by atoms with Crippen molar-refractivity contribution in [2.24, 2.45) is 4.99 Å². The smallest absolute Gasteiger partial charge is 0.328 e. The summed E-state index contributed by atoms with van der Waals surface area (Å²) in [4.78, 5) is 31.5. The van der Waals surface area contributed by atoms with Gasteiger partial charge in [0.05, 0.1) is 17.8 Å². The number of hydrogen-bond acceptors (Lipinski definition) is 3. The van der Waals surface area contributed by atoms with Crippen molar-refractivity contribution in [3.05, 3.63) is 65.2 Å². The fourth-order valence-electron chi connectivity index (χ4n) is 3.16. The van der Waals surface area contributed by atoms with Crippen LogP contribution in [0.15, 0.2) is 53.5 Å². The second-order valence-electron chi connectivity index (χ2n) is 8.11. The summed E-state index contributed by atoms with van der Waals surface area (Å²) in [5.41, 5.74) is 0.906. The van der Waals surface area contributed by atoms with E-state index in [0.717, 1.165) is 53.8 Å². The molecule has 0 unspecified atom stereocenters. The molecule has 3 amide bonds. The number of nitrogens with one attached hydrogen (secondary N) is 1. The van der Waals surface area contributed by atoms with Gasteiger partial charge in [-0.05, 0) is 37.1 Å². The maximum absolute atomic E-state index is 13.1. The molecule has 0 aromatic heterocycles. The molecule has 0 aliphatic heterocycles. The van der Waals surface area contributed by atoms with E-state index >= 15 is 0 Å². The minimum absolute atomic E-state index is 0.0357. The number of urea groups is 1. The maximum atomic E-state index is 13.1. The first-order valence-corrected chi connectivity index (χ1v) is 11.2. The molecule has 0 saturated heterocycles. The van der Waals surface area contributed by atoms with E-state index in [-0.39, 0.29) is 18.2 Å². The summed E-state index contributed by atoms with van der Waals surface area (Å²) in [6.45, 7) is 4.61. The van der Waals surface area contributed by atoms with E-state index in [9.17, 15) is 22.8 Å². The highest BCUT2D eigenvalue weighted by Crippen LogP contribution is 2.31. The number of carbonyl (C=O) groups excluding carboxylic acids is 2. The number of nitrogens with zero attached hydrogens (tertiary/aromatic N) is 3. The largest absolute Gasteiger partial charge is 0.416 e. The van der Waals surface area contributed by atoms with Crippen molar-refractivity contribution in [1.29, 1.82) is 0 Å². The topological polar surface area (TPSA) is 65.0 Å². The average molecular weight is 477 g/mol. The lowest BCUT2D eigenvalue weighted by Gasteiger charge is -2.24. The van der Waals surface area contributed by atoms with E-state index in [0.29, 0.717) is 13.0 Å². The number of guanidine groups is 1. The van der Waals surface area contributed by atoms with Crippen molar-refractivity contribution >= 4 is 24.1 Å². The molecule has 34 heavy (non-hydrogen) atoms. The number of aliphatic imine (C=N–C) groups is 1. The van der Waals surface area contributed by atoms with Crippen LogP contribution in [0.2, 0.25) is 0 Å². The van der Waals surface area contributed by atoms with Gasteiger partial charge in [0.1, 0.15) is 0 Å². The van der Waals surface area contributed by atoms with Crippen LogP contribution in [-0.2, 0) is 17.5 Å². The highest BCUT2D eigenvalue weighted by Gasteiger charge is 2.30. The second kappa shape index (κ2) is 12.8. The Balaban J connectivity index is 2.31. The summed E-state index contributed by atoms with van der Waals surface area (Å²) >= 11 is 0. The molecule has 0 atom stereocenters. The third-order valence-corrected chi connectivity index (χ3v) is 5.19. The molecule has 9 heteroatoms. The lowest BCUT2D eigenvalue weighted by Crippen LogP contribution is -2.48. The number of unbranched alkanes of at least 4 members (excludes halogenated alkanes) is 3. The highest BCUT2D eigenvalue weighted by atomic mass is 19.4. The van der Waals surface area contributed by atoms with Crippen molar-refractivity contribution in [3.63, 3.8) is 0 Å². The number of alkyl halides is 3. The van der Waals surface area contributed by atoms with Gasteiger partial charge < -0.3 is 4.90 Å². The zero-order chi connectivity index (χ0) is 25.1. The number of aryl methyl sites for hydroxylation is 1. The first kappa shape index (κ1) is 26.9. The molecule has 2 aromatic rings. The maximum Gasteiger partial charge on any atom is 0.416 e. The molecule has 0 saturated carbocycles. The van der Waals surface area contributed by atoms with Crippen LogP contribution in [0, 0.1) is 6.92 Å². The molecular weight excluding hydrogens is 445 g/mol. The van der Waals surface area contributed by atoms with Crippen LogP contribution in [0.5, 0.6) is 0 Å². The first-order chi connectivity index (χ1) is 16.1. The van der Waals surface area contributed by atoms with Crippen LogP contribution >= 0.6 is 0 Å². The Bertz CT molecular complexity index is 975. The number of carbonyl (C=O) groups is 2. The molecule has 1 N–H and O–H groups in total. The van der Waals surface area contributed by atoms with Crippen molar-refractivity contribution in [3.8, 4) is 0 Å². The highest BCUT2D eigenvalue weighted by molar-refractivity contribution is 6.01. The molecule has 0 aliphatic carbocycles. The van der Waals surface area contributed by atoms with Gasteiger partial charge in [-0.3, -0.25) is 15.0 Å². The van der Waals surface area contributed by atoms with Gasteiger partial charge in [-0.15, -0.1) is 0 Å². The minimum Gasteiger partial charge on any atom is -0.328 e. The van der Waals surface area contributed by atoms with Gasteiger partial charge in [0.15, 0.2) is 0 Å². The van der Waals surface area contributed by atoms with Crippen LogP contribution in [0.25, 0.3) is 0 Å². The summed E-state index contributed by atoms with van der Waals surface area (Å²) in [7, 11) is 1.62. The molecule has 0 heterocycles. The third-order valence-electron chi connectivity index (χ3n) is 5.19. The SMILES string of the molecule is CCCCCCN(C)C(=O)NC(=Nc1cccc(C(F)(F)F)c1)N(C=O)Cc1ccc(C)cc1. The Morgan fingerprint density at radius 1 is 1.09 bits per heavy atom. The monoisotopic (exact) mass is 476 g/mol. The van der Waals surface area contributed by atoms with E-state index in [1.807, 2.05) is 31.2 Å². The van der Waals surface area contributed by atoms with Gasteiger partial charge in [-0.2, -0.15) is 13.2 Å². The minimum atomic E-state index is -4.54. The Kier molecular flexibility index (Phi) is 10.1. The average Bonchev–Trinajstić information content (AvgIpc) is 2.80. The third kappa shape index (κ3) is 8.53. The van der Waals surface area contributed by atoms with Crippen molar-refractivity contribution in [2.45, 2.75) is 52.3 Å². The fourth-order valence-corrected chi connectivity index (χ4v) is 3.16. The predicted octanol–water partition coefficient (Wildman–Crippen LogP) is 5.88. The normalized spacial score (nSPS) is 11.8. The summed E-state index contributed by atoms with van der Waals surface area (Å²) in [5, 5.41) is 2.60. The van der Waals surface area contributed by atoms with E-state index in [1.54, 1.807) is 7.05 Å². The van der Waals surface area contributed by atoms with Crippen LogP contribution < -0.4 is 5.32 Å². The molecule has 184 valence electrons. The summed E-state index contributed by atoms with van der Waals surface area (Å²) in [6, 6.07) is 11.3. The van der Waals surface area contributed by atoms with Crippen LogP contribution in [0.4, 0.5) is 23.7 Å². The van der Waals surface area contributed by atoms with Gasteiger partial charge in [0.2, 0.25) is 12.4 Å². The Labute approximate surface area is 198 Å². The lowest BCUT2D eigenvalue weighted by molar-refractivity contribution is -0.137. The standard InChI is InChI=1S/C25H31F3N4O2/c1-4-5-6-7-15-31(3)24(34)30-23(29-22-10-8-9-21(16-22)25(26,27)28)32(18-33)17-20-13-11-19(2)12-14-20/h8-14,16,18H,4-7,15,17H2,1-3H3,(H,29,30,34). The fraction of sp³-hybridized carbons (Fsp3) is 0.400. The lowest BCUT2D eigenvalue weighted by atomic mass is 10.1. The quantitative estimate of drug-likeness (QED) is 0.213. The number of hydrogen-bond donors (Lipinski definition) is 1. The van der Waals surface area contributed by atoms with Crippen LogP contribution in [-0.4, -0.2) is 41.8 Å². The molecule has 0 aliphatic rings. The number of amides is 3. The van der Waals surface area contributed by atoms with Crippen LogP contribution in [0.1, 0.15) is 49.3 Å². The van der Waals surface area contributed by atoms with Crippen molar-refractivity contribution < 1.29 is 22.8 Å². The number of halogens is 3. The molecule has 0 spiro atoms. The van der Waals surface area contributed by atoms with Gasteiger partial charge in [-0.1, -0.05) is 62.1 Å². The Morgan fingerprint density at radius 3 is 2.41 bits per heavy atom. The van der Waals surface area contributed by atoms with E-state index in [1.165, 1.54) is 17.0 Å². The summed E-state index contributed by atoms with van der Waals surface area (Å²) in [5.74, 6) is -0.152. The molecule has 6 nitrogen and oxygen atoms in total. The Hall–Kier alpha value is -3.36. The van der Waals surface area contributed by atoms with Gasteiger partial charge in [0.25, 0.3) is 0 Å². The first-order valence-electron chi connectivity index (χ1n) is 11.2. The molecule has 0 bridgehead atoms. The predicted molar refractivity (Wildman–Crippen MR) is 127 cm³/mol. The second-order valence-corrected chi connectivity index (χ2v) is 8.11. The number of benzene rings is 2. The zero-order valence-electron chi connectivity index (χ0n) is 19.7. The van der Waals surface area contributed by atoms with E-state index < -0.39 is 17.8 Å². The van der Waals surface area contributed by atoms with Crippen molar-refractivity contribution in [2.75, 3.05) is 13.6 Å². The summed E-state index contributed by atoms with van der Waals surface area (Å²) in [6.07, 6.45) is -0.121. The Morgan fingerprint density at radius 2 is 1.79 bits per heavy atom.